The van der Waals surface area contributed by atoms with Gasteiger partial charge in [-0.1, -0.05) is 25.1 Å². The van der Waals surface area contributed by atoms with Gasteiger partial charge in [-0.25, -0.2) is 0 Å². The van der Waals surface area contributed by atoms with Crippen LogP contribution in [0, 0.1) is 10.1 Å². The van der Waals surface area contributed by atoms with Crippen molar-refractivity contribution in [3.63, 3.8) is 0 Å². The zero-order valence-corrected chi connectivity index (χ0v) is 12.3. The van der Waals surface area contributed by atoms with Gasteiger partial charge in [0, 0.05) is 17.8 Å². The number of carbonyl (C=O) groups is 1. The number of nitro groups is 1. The van der Waals surface area contributed by atoms with Crippen molar-refractivity contribution >= 4 is 17.3 Å². The van der Waals surface area contributed by atoms with E-state index in [1.807, 2.05) is 25.1 Å². The molecule has 0 heterocycles. The van der Waals surface area contributed by atoms with Crippen LogP contribution in [0.1, 0.15) is 22.8 Å². The number of anilines is 1. The fraction of sp³-hybridized carbons (Fsp3) is 0.188. The van der Waals surface area contributed by atoms with Gasteiger partial charge in [0.2, 0.25) is 0 Å². The Labute approximate surface area is 127 Å². The van der Waals surface area contributed by atoms with Gasteiger partial charge in [-0.15, -0.1) is 0 Å². The SMILES string of the molecule is CCc1ccccc1NC(=O)c1cc([N+](=O)[O-])ccc1OC. The van der Waals surface area contributed by atoms with Crippen LogP contribution in [0.5, 0.6) is 5.75 Å². The largest absolute Gasteiger partial charge is 0.496 e. The quantitative estimate of drug-likeness (QED) is 0.677. The van der Waals surface area contributed by atoms with Crippen molar-refractivity contribution < 1.29 is 14.5 Å². The molecule has 0 atom stereocenters. The smallest absolute Gasteiger partial charge is 0.270 e. The van der Waals surface area contributed by atoms with Crippen LogP contribution in [-0.4, -0.2) is 17.9 Å². The number of para-hydroxylation sites is 1. The Bertz CT molecular complexity index is 713. The first kappa shape index (κ1) is 15.5. The summed E-state index contributed by atoms with van der Waals surface area (Å²) in [7, 11) is 1.41. The summed E-state index contributed by atoms with van der Waals surface area (Å²) < 4.78 is 5.11. The van der Waals surface area contributed by atoms with Gasteiger partial charge in [0.05, 0.1) is 17.6 Å². The Hall–Kier alpha value is -2.89. The predicted molar refractivity (Wildman–Crippen MR) is 83.4 cm³/mol. The molecule has 2 rings (SSSR count). The number of nitrogens with zero attached hydrogens (tertiary/aromatic N) is 1. The summed E-state index contributed by atoms with van der Waals surface area (Å²) in [5.74, 6) is -0.154. The Balaban J connectivity index is 2.36. The minimum absolute atomic E-state index is 0.127. The van der Waals surface area contributed by atoms with Crippen LogP contribution in [0.25, 0.3) is 0 Å². The summed E-state index contributed by atoms with van der Waals surface area (Å²) >= 11 is 0. The second kappa shape index (κ2) is 6.71. The fourth-order valence-electron chi connectivity index (χ4n) is 2.13. The summed E-state index contributed by atoms with van der Waals surface area (Å²) in [5.41, 5.74) is 1.64. The molecule has 0 saturated heterocycles. The van der Waals surface area contributed by atoms with Crippen LogP contribution in [-0.2, 0) is 6.42 Å². The molecule has 0 radical (unpaired) electrons. The van der Waals surface area contributed by atoms with Crippen molar-refractivity contribution in [2.75, 3.05) is 12.4 Å². The molecule has 0 aliphatic carbocycles. The van der Waals surface area contributed by atoms with Gasteiger partial charge < -0.3 is 10.1 Å². The second-order valence-corrected chi connectivity index (χ2v) is 4.61. The molecule has 6 heteroatoms. The number of carbonyl (C=O) groups excluding carboxylic acids is 1. The summed E-state index contributed by atoms with van der Waals surface area (Å²) in [4.78, 5) is 22.7. The number of non-ortho nitro benzene ring substituents is 1. The van der Waals surface area contributed by atoms with Crippen LogP contribution >= 0.6 is 0 Å². The van der Waals surface area contributed by atoms with Crippen molar-refractivity contribution in [3.8, 4) is 5.75 Å². The third-order valence-corrected chi connectivity index (χ3v) is 3.28. The van der Waals surface area contributed by atoms with Crippen molar-refractivity contribution in [2.24, 2.45) is 0 Å². The summed E-state index contributed by atoms with van der Waals surface area (Å²) in [5, 5.41) is 13.6. The van der Waals surface area contributed by atoms with E-state index < -0.39 is 10.8 Å². The van der Waals surface area contributed by atoms with Crippen LogP contribution in [0.2, 0.25) is 0 Å². The zero-order valence-electron chi connectivity index (χ0n) is 12.3. The lowest BCUT2D eigenvalue weighted by atomic mass is 10.1. The number of ether oxygens (including phenoxy) is 1. The van der Waals surface area contributed by atoms with Gasteiger partial charge in [-0.05, 0) is 24.1 Å². The number of rotatable bonds is 5. The third-order valence-electron chi connectivity index (χ3n) is 3.28. The summed E-state index contributed by atoms with van der Waals surface area (Å²) in [6.45, 7) is 1.99. The second-order valence-electron chi connectivity index (χ2n) is 4.61. The lowest BCUT2D eigenvalue weighted by Crippen LogP contribution is -2.14. The van der Waals surface area contributed by atoms with Gasteiger partial charge in [0.1, 0.15) is 5.75 Å². The van der Waals surface area contributed by atoms with E-state index in [0.29, 0.717) is 5.69 Å². The molecule has 1 amide bonds. The monoisotopic (exact) mass is 300 g/mol. The van der Waals surface area contributed by atoms with Gasteiger partial charge in [0.15, 0.2) is 0 Å². The molecule has 2 aromatic carbocycles. The lowest BCUT2D eigenvalue weighted by molar-refractivity contribution is -0.384. The number of aryl methyl sites for hydroxylation is 1. The first-order chi connectivity index (χ1) is 10.6. The molecule has 6 nitrogen and oxygen atoms in total. The Morgan fingerprint density at radius 1 is 1.27 bits per heavy atom. The minimum atomic E-state index is -0.545. The minimum Gasteiger partial charge on any atom is -0.496 e. The van der Waals surface area contributed by atoms with Crippen LogP contribution in [0.15, 0.2) is 42.5 Å². The van der Waals surface area contributed by atoms with E-state index in [1.54, 1.807) is 6.07 Å². The molecule has 0 fully saturated rings. The van der Waals surface area contributed by atoms with Gasteiger partial charge in [-0.2, -0.15) is 0 Å². The van der Waals surface area contributed by atoms with Crippen LogP contribution in [0.3, 0.4) is 0 Å². The normalized spacial score (nSPS) is 10.1. The van der Waals surface area contributed by atoms with E-state index in [9.17, 15) is 14.9 Å². The molecular formula is C16H16N2O4. The predicted octanol–water partition coefficient (Wildman–Crippen LogP) is 3.42. The first-order valence-corrected chi connectivity index (χ1v) is 6.78. The molecule has 0 saturated carbocycles. The molecule has 0 unspecified atom stereocenters. The van der Waals surface area contributed by atoms with Crippen LogP contribution in [0.4, 0.5) is 11.4 Å². The topological polar surface area (TPSA) is 81.5 Å². The van der Waals surface area contributed by atoms with Crippen molar-refractivity contribution in [1.82, 2.24) is 0 Å². The number of methoxy groups -OCH3 is 1. The molecule has 0 bridgehead atoms. The number of hydrogen-bond acceptors (Lipinski definition) is 4. The maximum absolute atomic E-state index is 12.4. The highest BCUT2D eigenvalue weighted by atomic mass is 16.6. The van der Waals surface area contributed by atoms with Crippen molar-refractivity contribution in [2.45, 2.75) is 13.3 Å². The molecule has 2 aromatic rings. The van der Waals surface area contributed by atoms with E-state index in [-0.39, 0.29) is 17.0 Å². The molecular weight excluding hydrogens is 284 g/mol. The Morgan fingerprint density at radius 3 is 2.64 bits per heavy atom. The molecule has 0 aliphatic heterocycles. The average Bonchev–Trinajstić information content (AvgIpc) is 2.54. The molecule has 114 valence electrons. The summed E-state index contributed by atoms with van der Waals surface area (Å²) in [6, 6.07) is 11.3. The summed E-state index contributed by atoms with van der Waals surface area (Å²) in [6.07, 6.45) is 0.766. The van der Waals surface area contributed by atoms with Crippen molar-refractivity contribution in [3.05, 3.63) is 63.7 Å². The fourth-order valence-corrected chi connectivity index (χ4v) is 2.13. The molecule has 0 aromatic heterocycles. The highest BCUT2D eigenvalue weighted by Crippen LogP contribution is 2.25. The average molecular weight is 300 g/mol. The number of nitrogens with one attached hydrogen (secondary N) is 1. The van der Waals surface area contributed by atoms with E-state index >= 15 is 0 Å². The number of benzene rings is 2. The van der Waals surface area contributed by atoms with Crippen LogP contribution < -0.4 is 10.1 Å². The van der Waals surface area contributed by atoms with E-state index in [1.165, 1.54) is 25.3 Å². The highest BCUT2D eigenvalue weighted by Gasteiger charge is 2.18. The Kier molecular flexibility index (Phi) is 4.73. The van der Waals surface area contributed by atoms with E-state index in [4.69, 9.17) is 4.74 Å². The van der Waals surface area contributed by atoms with Gasteiger partial charge in [0.25, 0.3) is 11.6 Å². The third kappa shape index (κ3) is 3.22. The van der Waals surface area contributed by atoms with Gasteiger partial charge in [-0.3, -0.25) is 14.9 Å². The van der Waals surface area contributed by atoms with E-state index in [2.05, 4.69) is 5.32 Å². The number of hydrogen-bond donors (Lipinski definition) is 1. The number of nitro benzene ring substituents is 1. The highest BCUT2D eigenvalue weighted by molar-refractivity contribution is 6.07. The maximum Gasteiger partial charge on any atom is 0.270 e. The molecule has 0 spiro atoms. The maximum atomic E-state index is 12.4. The van der Waals surface area contributed by atoms with E-state index in [0.717, 1.165) is 12.0 Å². The Morgan fingerprint density at radius 2 is 2.00 bits per heavy atom. The lowest BCUT2D eigenvalue weighted by Gasteiger charge is -2.11. The molecule has 0 aliphatic rings. The first-order valence-electron chi connectivity index (χ1n) is 6.78. The molecule has 1 N–H and O–H groups in total. The van der Waals surface area contributed by atoms with Gasteiger partial charge >= 0.3 is 0 Å². The molecule has 22 heavy (non-hydrogen) atoms. The standard InChI is InChI=1S/C16H16N2O4/c1-3-11-6-4-5-7-14(11)17-16(19)13-10-12(18(20)21)8-9-15(13)22-2/h4-10H,3H2,1-2H3,(H,17,19). The number of amides is 1. The van der Waals surface area contributed by atoms with Crippen molar-refractivity contribution in [1.29, 1.82) is 0 Å². The zero-order chi connectivity index (χ0) is 16.1.